The van der Waals surface area contributed by atoms with Crippen LogP contribution >= 0.6 is 0 Å². The molecular weight excluding hydrogens is 246 g/mol. The van der Waals surface area contributed by atoms with Gasteiger partial charge in [0.2, 0.25) is 0 Å². The number of unbranched alkanes of at least 4 members (excludes halogenated alkanes) is 1. The van der Waals surface area contributed by atoms with Gasteiger partial charge in [-0.25, -0.2) is 4.79 Å². The van der Waals surface area contributed by atoms with E-state index in [1.54, 1.807) is 13.0 Å². The zero-order chi connectivity index (χ0) is 14.3. The Morgan fingerprint density at radius 3 is 2.68 bits per heavy atom. The van der Waals surface area contributed by atoms with Crippen molar-refractivity contribution in [1.29, 1.82) is 0 Å². The molecule has 0 atom stereocenters. The molecule has 1 rings (SSSR count). The average molecular weight is 267 g/mol. The van der Waals surface area contributed by atoms with Crippen LogP contribution in [0.2, 0.25) is 0 Å². The van der Waals surface area contributed by atoms with E-state index in [1.165, 1.54) is 0 Å². The van der Waals surface area contributed by atoms with Crippen molar-refractivity contribution in [3.05, 3.63) is 23.0 Å². The first kappa shape index (κ1) is 15.4. The summed E-state index contributed by atoms with van der Waals surface area (Å²) in [5, 5.41) is 9.16. The molecule has 0 aromatic carbocycles. The summed E-state index contributed by atoms with van der Waals surface area (Å²) in [6, 6.07) is 1.64. The highest BCUT2D eigenvalue weighted by Gasteiger charge is 2.16. The first-order valence-corrected chi connectivity index (χ1v) is 6.48. The minimum Gasteiger partial charge on any atom is -0.490 e. The number of aromatic nitrogens is 1. The molecule has 0 saturated heterocycles. The molecule has 5 heteroatoms. The predicted molar refractivity (Wildman–Crippen MR) is 71.9 cm³/mol. The van der Waals surface area contributed by atoms with Crippen LogP contribution in [0.25, 0.3) is 0 Å². The SMILES string of the molecule is CCCCOCCOc1cc(C)nc(C)c1C(=O)O. The molecule has 5 nitrogen and oxygen atoms in total. The Bertz CT molecular complexity index is 432. The Morgan fingerprint density at radius 1 is 1.32 bits per heavy atom. The van der Waals surface area contributed by atoms with Crippen LogP contribution in [0, 0.1) is 13.8 Å². The molecule has 0 unspecified atom stereocenters. The van der Waals surface area contributed by atoms with Crippen molar-refractivity contribution >= 4 is 5.97 Å². The van der Waals surface area contributed by atoms with Crippen LogP contribution in [0.3, 0.4) is 0 Å². The number of aryl methyl sites for hydroxylation is 2. The summed E-state index contributed by atoms with van der Waals surface area (Å²) >= 11 is 0. The van der Waals surface area contributed by atoms with E-state index in [0.29, 0.717) is 31.3 Å². The maximum absolute atomic E-state index is 11.2. The first-order chi connectivity index (χ1) is 9.06. The van der Waals surface area contributed by atoms with Crippen molar-refractivity contribution in [2.24, 2.45) is 0 Å². The molecule has 0 saturated carbocycles. The van der Waals surface area contributed by atoms with Crippen LogP contribution in [0.1, 0.15) is 41.5 Å². The van der Waals surface area contributed by atoms with Crippen molar-refractivity contribution in [3.63, 3.8) is 0 Å². The van der Waals surface area contributed by atoms with Crippen molar-refractivity contribution < 1.29 is 19.4 Å². The number of nitrogens with zero attached hydrogens (tertiary/aromatic N) is 1. The van der Waals surface area contributed by atoms with E-state index in [0.717, 1.165) is 18.5 Å². The van der Waals surface area contributed by atoms with Crippen LogP contribution in [0.15, 0.2) is 6.07 Å². The van der Waals surface area contributed by atoms with E-state index in [2.05, 4.69) is 11.9 Å². The van der Waals surface area contributed by atoms with Gasteiger partial charge in [0.25, 0.3) is 0 Å². The highest BCUT2D eigenvalue weighted by atomic mass is 16.5. The summed E-state index contributed by atoms with van der Waals surface area (Å²) in [7, 11) is 0. The Balaban J connectivity index is 2.59. The van der Waals surface area contributed by atoms with E-state index in [4.69, 9.17) is 14.6 Å². The summed E-state index contributed by atoms with van der Waals surface area (Å²) in [6.07, 6.45) is 2.11. The fourth-order valence-electron chi connectivity index (χ4n) is 1.73. The molecule has 1 heterocycles. The van der Waals surface area contributed by atoms with Crippen LogP contribution in [0.5, 0.6) is 5.75 Å². The lowest BCUT2D eigenvalue weighted by Crippen LogP contribution is -2.12. The molecule has 0 aliphatic rings. The zero-order valence-corrected chi connectivity index (χ0v) is 11.7. The van der Waals surface area contributed by atoms with Crippen LogP contribution in [0.4, 0.5) is 0 Å². The Morgan fingerprint density at radius 2 is 2.05 bits per heavy atom. The van der Waals surface area contributed by atoms with Crippen LogP contribution in [-0.2, 0) is 4.74 Å². The fraction of sp³-hybridized carbons (Fsp3) is 0.571. The van der Waals surface area contributed by atoms with E-state index in [9.17, 15) is 4.79 Å². The number of hydrogen-bond donors (Lipinski definition) is 1. The summed E-state index contributed by atoms with van der Waals surface area (Å²) < 4.78 is 10.9. The Kier molecular flexibility index (Phi) is 6.29. The number of carboxylic acids is 1. The molecule has 106 valence electrons. The molecule has 1 N–H and O–H groups in total. The van der Waals surface area contributed by atoms with Gasteiger partial charge in [0.05, 0.1) is 12.3 Å². The number of rotatable bonds is 8. The Hall–Kier alpha value is -1.62. The molecule has 1 aromatic rings. The molecular formula is C14H21NO4. The molecule has 0 bridgehead atoms. The van der Waals surface area contributed by atoms with Gasteiger partial charge in [-0.1, -0.05) is 13.3 Å². The Labute approximate surface area is 113 Å². The minimum absolute atomic E-state index is 0.124. The lowest BCUT2D eigenvalue weighted by Gasteiger charge is -2.12. The van der Waals surface area contributed by atoms with E-state index in [-0.39, 0.29) is 5.56 Å². The smallest absolute Gasteiger partial charge is 0.341 e. The third-order valence-electron chi connectivity index (χ3n) is 2.63. The van der Waals surface area contributed by atoms with E-state index < -0.39 is 5.97 Å². The second-order valence-corrected chi connectivity index (χ2v) is 4.34. The third-order valence-corrected chi connectivity index (χ3v) is 2.63. The van der Waals surface area contributed by atoms with E-state index >= 15 is 0 Å². The highest BCUT2D eigenvalue weighted by molar-refractivity contribution is 5.92. The van der Waals surface area contributed by atoms with Gasteiger partial charge in [-0.3, -0.25) is 4.98 Å². The lowest BCUT2D eigenvalue weighted by atomic mass is 10.1. The monoisotopic (exact) mass is 267 g/mol. The second kappa shape index (κ2) is 7.74. The van der Waals surface area contributed by atoms with Gasteiger partial charge in [-0.2, -0.15) is 0 Å². The summed E-state index contributed by atoms with van der Waals surface area (Å²) in [4.78, 5) is 15.3. The number of carbonyl (C=O) groups is 1. The van der Waals surface area contributed by atoms with Gasteiger partial charge in [0.15, 0.2) is 0 Å². The second-order valence-electron chi connectivity index (χ2n) is 4.34. The minimum atomic E-state index is -1.02. The van der Waals surface area contributed by atoms with Crippen molar-refractivity contribution in [2.75, 3.05) is 19.8 Å². The molecule has 0 spiro atoms. The van der Waals surface area contributed by atoms with Gasteiger partial charge < -0.3 is 14.6 Å². The van der Waals surface area contributed by atoms with Crippen molar-refractivity contribution in [1.82, 2.24) is 4.98 Å². The number of pyridine rings is 1. The maximum Gasteiger partial charge on any atom is 0.341 e. The summed E-state index contributed by atoms with van der Waals surface area (Å²) in [5.41, 5.74) is 1.33. The number of hydrogen-bond acceptors (Lipinski definition) is 4. The fourth-order valence-corrected chi connectivity index (χ4v) is 1.73. The van der Waals surface area contributed by atoms with Crippen LogP contribution in [-0.4, -0.2) is 35.9 Å². The van der Waals surface area contributed by atoms with Crippen LogP contribution < -0.4 is 4.74 Å². The normalized spacial score (nSPS) is 10.5. The molecule has 0 amide bonds. The topological polar surface area (TPSA) is 68.7 Å². The number of carboxylic acid groups (broad SMARTS) is 1. The van der Waals surface area contributed by atoms with Gasteiger partial charge in [-0.15, -0.1) is 0 Å². The standard InChI is InChI=1S/C14H21NO4/c1-4-5-6-18-7-8-19-12-9-10(2)15-11(3)13(12)14(16)17/h9H,4-8H2,1-3H3,(H,16,17). The van der Waals surface area contributed by atoms with Gasteiger partial charge in [0, 0.05) is 18.4 Å². The molecule has 0 radical (unpaired) electrons. The quantitative estimate of drug-likeness (QED) is 0.733. The number of aromatic carboxylic acids is 1. The van der Waals surface area contributed by atoms with Crippen molar-refractivity contribution in [3.8, 4) is 5.75 Å². The third kappa shape index (κ3) is 4.87. The molecule has 0 fully saturated rings. The predicted octanol–water partition coefficient (Wildman–Crippen LogP) is 2.59. The summed E-state index contributed by atoms with van der Waals surface area (Å²) in [6.45, 7) is 7.08. The van der Waals surface area contributed by atoms with Gasteiger partial charge >= 0.3 is 5.97 Å². The lowest BCUT2D eigenvalue weighted by molar-refractivity contribution is 0.0683. The van der Waals surface area contributed by atoms with Gasteiger partial charge in [0.1, 0.15) is 17.9 Å². The molecule has 19 heavy (non-hydrogen) atoms. The number of ether oxygens (including phenoxy) is 2. The van der Waals surface area contributed by atoms with E-state index in [1.807, 2.05) is 6.92 Å². The maximum atomic E-state index is 11.2. The zero-order valence-electron chi connectivity index (χ0n) is 11.7. The largest absolute Gasteiger partial charge is 0.490 e. The molecule has 1 aromatic heterocycles. The molecule has 0 aliphatic carbocycles. The summed E-state index contributed by atoms with van der Waals surface area (Å²) in [5.74, 6) is -0.663. The highest BCUT2D eigenvalue weighted by Crippen LogP contribution is 2.22. The molecule has 0 aliphatic heterocycles. The average Bonchev–Trinajstić information content (AvgIpc) is 2.32. The van der Waals surface area contributed by atoms with Crippen molar-refractivity contribution in [2.45, 2.75) is 33.6 Å². The first-order valence-electron chi connectivity index (χ1n) is 6.48. The van der Waals surface area contributed by atoms with Gasteiger partial charge in [-0.05, 0) is 20.3 Å².